The molecule has 0 saturated heterocycles. The largest absolute Gasteiger partial charge is 0.372 e. The number of dihydropyridines is 1. The molecule has 0 fully saturated rings. The molecule has 2 aliphatic rings. The second-order valence-electron chi connectivity index (χ2n) is 2.49. The van der Waals surface area contributed by atoms with Gasteiger partial charge in [0.2, 0.25) is 0 Å². The first kappa shape index (κ1) is 7.51. The number of carbonyl (C=O) groups is 1. The van der Waals surface area contributed by atoms with E-state index in [1.165, 1.54) is 0 Å². The van der Waals surface area contributed by atoms with Crippen molar-refractivity contribution in [1.82, 2.24) is 5.32 Å². The number of nitrogens with two attached hydrogens (primary N) is 1. The van der Waals surface area contributed by atoms with Crippen molar-refractivity contribution in [1.29, 1.82) is 0 Å². The summed E-state index contributed by atoms with van der Waals surface area (Å²) < 4.78 is 14.7. The van der Waals surface area contributed by atoms with E-state index in [1.54, 1.807) is 12.2 Å². The number of amides is 1. The Hall–Kier alpha value is -1.14. The summed E-state index contributed by atoms with van der Waals surface area (Å²) in [6.07, 6.45) is 3.35. The highest BCUT2D eigenvalue weighted by Gasteiger charge is 2.29. The van der Waals surface area contributed by atoms with Crippen molar-refractivity contribution in [2.24, 2.45) is 9.50 Å². The van der Waals surface area contributed by atoms with Crippen molar-refractivity contribution in [3.05, 3.63) is 22.8 Å². The van der Waals surface area contributed by atoms with Gasteiger partial charge in [-0.3, -0.25) is 4.79 Å². The van der Waals surface area contributed by atoms with Crippen molar-refractivity contribution in [2.45, 2.75) is 0 Å². The zero-order valence-corrected chi connectivity index (χ0v) is 6.93. The van der Waals surface area contributed by atoms with Crippen LogP contribution in [0.25, 0.3) is 0 Å². The monoisotopic (exact) mass is 185 g/mol. The molecule has 12 heavy (non-hydrogen) atoms. The predicted molar refractivity (Wildman–Crippen MR) is 43.9 cm³/mol. The molecule has 0 saturated carbocycles. The molecule has 2 aliphatic heterocycles. The van der Waals surface area contributed by atoms with Gasteiger partial charge in [0, 0.05) is 6.54 Å². The van der Waals surface area contributed by atoms with Crippen LogP contribution in [-0.4, -0.2) is 16.7 Å². The van der Waals surface area contributed by atoms with Gasteiger partial charge in [-0.05, 0) is 6.08 Å². The number of hydrogen-bond acceptors (Lipinski definition) is 3. The maximum Gasteiger partial charge on any atom is 0.289 e. The van der Waals surface area contributed by atoms with E-state index in [-0.39, 0.29) is 5.03 Å². The molecule has 0 aromatic rings. The van der Waals surface area contributed by atoms with Crippen LogP contribution in [0.5, 0.6) is 0 Å². The third-order valence-electron chi connectivity index (χ3n) is 1.65. The number of carbonyl (C=O) groups excluding carboxylic acids is 1. The third kappa shape index (κ3) is 0.886. The molecule has 64 valence electrons. The second-order valence-corrected chi connectivity index (χ2v) is 4.22. The lowest BCUT2D eigenvalue weighted by atomic mass is 10.2. The normalized spacial score (nSPS) is 32.9. The Bertz CT molecular complexity index is 426. The fraction of sp³-hybridized carbons (Fsp3) is 0.167. The van der Waals surface area contributed by atoms with E-state index >= 15 is 0 Å². The van der Waals surface area contributed by atoms with Gasteiger partial charge in [0.25, 0.3) is 5.91 Å². The summed E-state index contributed by atoms with van der Waals surface area (Å²) in [4.78, 5) is 11.0. The van der Waals surface area contributed by atoms with Gasteiger partial charge in [-0.25, -0.2) is 9.35 Å². The maximum absolute atomic E-state index is 11.4. The van der Waals surface area contributed by atoms with E-state index in [4.69, 9.17) is 5.14 Å². The molecule has 0 spiro atoms. The Labute approximate surface area is 69.6 Å². The van der Waals surface area contributed by atoms with Crippen LogP contribution in [0.15, 0.2) is 27.1 Å². The van der Waals surface area contributed by atoms with Crippen molar-refractivity contribution in [2.75, 3.05) is 6.54 Å². The average Bonchev–Trinajstić information content (AvgIpc) is 2.25. The minimum Gasteiger partial charge on any atom is -0.372 e. The Morgan fingerprint density at radius 2 is 2.42 bits per heavy atom. The van der Waals surface area contributed by atoms with E-state index < -0.39 is 15.8 Å². The average molecular weight is 185 g/mol. The highest BCUT2D eigenvalue weighted by atomic mass is 32.2. The van der Waals surface area contributed by atoms with E-state index in [0.29, 0.717) is 12.1 Å². The van der Waals surface area contributed by atoms with Gasteiger partial charge in [-0.1, -0.05) is 6.08 Å². The van der Waals surface area contributed by atoms with E-state index in [1.807, 2.05) is 0 Å². The second kappa shape index (κ2) is 2.18. The first-order valence-electron chi connectivity index (χ1n) is 3.35. The molecule has 0 aromatic heterocycles. The SMILES string of the molecule is NS1(=O)=NC(=O)C2=C1NCC=C2. The summed E-state index contributed by atoms with van der Waals surface area (Å²) in [6.45, 7) is 0.538. The fourth-order valence-electron chi connectivity index (χ4n) is 1.15. The van der Waals surface area contributed by atoms with Crippen LogP contribution in [0, 0.1) is 0 Å². The van der Waals surface area contributed by atoms with Gasteiger partial charge in [-0.15, -0.1) is 4.36 Å². The number of hydrogen-bond donors (Lipinski definition) is 2. The smallest absolute Gasteiger partial charge is 0.289 e. The van der Waals surface area contributed by atoms with Crippen LogP contribution >= 0.6 is 0 Å². The molecule has 3 N–H and O–H groups in total. The maximum atomic E-state index is 11.4. The Balaban J connectivity index is 2.67. The summed E-state index contributed by atoms with van der Waals surface area (Å²) in [5, 5.41) is 8.36. The quantitative estimate of drug-likeness (QED) is 0.520. The molecule has 0 bridgehead atoms. The molecule has 0 radical (unpaired) electrons. The topological polar surface area (TPSA) is 84.6 Å². The van der Waals surface area contributed by atoms with Gasteiger partial charge in [0.15, 0.2) is 9.92 Å². The molecule has 2 rings (SSSR count). The van der Waals surface area contributed by atoms with Crippen LogP contribution in [0.1, 0.15) is 0 Å². The zero-order chi connectivity index (χ0) is 8.77. The molecular formula is C6H7N3O2S. The zero-order valence-electron chi connectivity index (χ0n) is 6.11. The number of rotatable bonds is 0. The molecule has 2 heterocycles. The first-order chi connectivity index (χ1) is 5.61. The lowest BCUT2D eigenvalue weighted by molar-refractivity contribution is -0.113. The minimum absolute atomic E-state index is 0.273. The Kier molecular flexibility index (Phi) is 1.36. The van der Waals surface area contributed by atoms with Gasteiger partial charge < -0.3 is 5.32 Å². The minimum atomic E-state index is -2.95. The molecule has 1 atom stereocenters. The van der Waals surface area contributed by atoms with Crippen LogP contribution in [0.2, 0.25) is 0 Å². The van der Waals surface area contributed by atoms with Crippen molar-refractivity contribution in [3.63, 3.8) is 0 Å². The van der Waals surface area contributed by atoms with Crippen LogP contribution < -0.4 is 10.5 Å². The lowest BCUT2D eigenvalue weighted by Gasteiger charge is -2.10. The van der Waals surface area contributed by atoms with Gasteiger partial charge >= 0.3 is 0 Å². The fourth-order valence-corrected chi connectivity index (χ4v) is 2.34. The summed E-state index contributed by atoms with van der Waals surface area (Å²) in [5.74, 6) is -0.499. The van der Waals surface area contributed by atoms with Gasteiger partial charge in [0.05, 0.1) is 5.57 Å². The Morgan fingerprint density at radius 3 is 3.08 bits per heavy atom. The standard InChI is InChI=1S/C6H7N3O2S/c7-12(11)6-4(5(10)9-12)2-1-3-8-6/h1-2,8H,3H2,(H2,7,9,10,11). The Morgan fingerprint density at radius 1 is 1.67 bits per heavy atom. The summed E-state index contributed by atoms with van der Waals surface area (Å²) in [7, 11) is -2.95. The highest BCUT2D eigenvalue weighted by Crippen LogP contribution is 2.21. The number of nitrogens with zero attached hydrogens (tertiary/aromatic N) is 1. The molecule has 1 amide bonds. The molecule has 0 aromatic carbocycles. The van der Waals surface area contributed by atoms with Crippen molar-refractivity contribution in [3.8, 4) is 0 Å². The first-order valence-corrected chi connectivity index (χ1v) is 4.93. The van der Waals surface area contributed by atoms with Crippen LogP contribution in [-0.2, 0) is 14.7 Å². The van der Waals surface area contributed by atoms with E-state index in [2.05, 4.69) is 9.68 Å². The van der Waals surface area contributed by atoms with E-state index in [0.717, 1.165) is 0 Å². The summed E-state index contributed by atoms with van der Waals surface area (Å²) >= 11 is 0. The van der Waals surface area contributed by atoms with Gasteiger partial charge in [-0.2, -0.15) is 0 Å². The van der Waals surface area contributed by atoms with Gasteiger partial charge in [0.1, 0.15) is 5.03 Å². The summed E-state index contributed by atoms with van der Waals surface area (Å²) in [5.41, 5.74) is 0.328. The van der Waals surface area contributed by atoms with Crippen molar-refractivity contribution >= 4 is 15.8 Å². The molecular weight excluding hydrogens is 178 g/mol. The highest BCUT2D eigenvalue weighted by molar-refractivity contribution is 7.95. The molecule has 1 unspecified atom stereocenters. The van der Waals surface area contributed by atoms with Crippen molar-refractivity contribution < 1.29 is 9.00 Å². The molecule has 5 nitrogen and oxygen atoms in total. The molecule has 6 heteroatoms. The predicted octanol–water partition coefficient (Wildman–Crippen LogP) is -0.761. The third-order valence-corrected chi connectivity index (χ3v) is 3.04. The molecule has 0 aliphatic carbocycles. The van der Waals surface area contributed by atoms with Crippen LogP contribution in [0.4, 0.5) is 0 Å². The lowest BCUT2D eigenvalue weighted by Crippen LogP contribution is -2.26. The van der Waals surface area contributed by atoms with E-state index in [9.17, 15) is 9.00 Å². The summed E-state index contributed by atoms with van der Waals surface area (Å²) in [6, 6.07) is 0. The van der Waals surface area contributed by atoms with Crippen LogP contribution in [0.3, 0.4) is 0 Å². The number of nitrogens with one attached hydrogen (secondary N) is 1.